The zero-order valence-electron chi connectivity index (χ0n) is 11.2. The zero-order chi connectivity index (χ0) is 14.3. The first-order valence-corrected chi connectivity index (χ1v) is 6.64. The molecule has 0 aromatic rings. The summed E-state index contributed by atoms with van der Waals surface area (Å²) >= 11 is 0. The number of rotatable bonds is 1. The highest BCUT2D eigenvalue weighted by atomic mass is 16.8. The number of ether oxygens (including phenoxy) is 4. The fourth-order valence-electron chi connectivity index (χ4n) is 3.35. The molecule has 8 nitrogen and oxygen atoms in total. The Morgan fingerprint density at radius 2 is 2.05 bits per heavy atom. The van der Waals surface area contributed by atoms with Crippen LogP contribution in [0.3, 0.4) is 0 Å². The van der Waals surface area contributed by atoms with Gasteiger partial charge in [0.05, 0.1) is 6.54 Å². The molecular weight excluding hydrogens is 270 g/mol. The van der Waals surface area contributed by atoms with Crippen LogP contribution in [0.15, 0.2) is 0 Å². The van der Waals surface area contributed by atoms with Gasteiger partial charge in [-0.3, -0.25) is 4.79 Å². The van der Waals surface area contributed by atoms with E-state index in [2.05, 4.69) is 0 Å². The van der Waals surface area contributed by atoms with Gasteiger partial charge >= 0.3 is 0 Å². The standard InChI is InChI=1S/C12H17NO7/c1-11(2,15)12(16)9(14)13-3-5-6(20-10(12)13)7-8(19-5)18-4-17-7/h5-8,10,15-16H,3-4H2,1-2H3/t5-,6+,7-,8+,10-,12+/m1/s1. The second kappa shape index (κ2) is 3.70. The van der Waals surface area contributed by atoms with E-state index in [1.807, 2.05) is 0 Å². The van der Waals surface area contributed by atoms with Crippen molar-refractivity contribution in [2.45, 2.75) is 55.9 Å². The van der Waals surface area contributed by atoms with Gasteiger partial charge in [0.2, 0.25) is 5.60 Å². The van der Waals surface area contributed by atoms with Crippen LogP contribution >= 0.6 is 0 Å². The molecule has 4 aliphatic heterocycles. The molecule has 0 saturated carbocycles. The summed E-state index contributed by atoms with van der Waals surface area (Å²) in [7, 11) is 0. The van der Waals surface area contributed by atoms with E-state index >= 15 is 0 Å². The zero-order valence-corrected chi connectivity index (χ0v) is 11.2. The Balaban J connectivity index is 1.61. The van der Waals surface area contributed by atoms with E-state index in [0.717, 1.165) is 0 Å². The normalized spacial score (nSPS) is 50.5. The van der Waals surface area contributed by atoms with Crippen LogP contribution in [0.4, 0.5) is 0 Å². The van der Waals surface area contributed by atoms with Gasteiger partial charge in [-0.1, -0.05) is 0 Å². The highest BCUT2D eigenvalue weighted by molar-refractivity contribution is 5.93. The second-order valence-corrected chi connectivity index (χ2v) is 6.19. The van der Waals surface area contributed by atoms with Crippen molar-refractivity contribution >= 4 is 5.91 Å². The largest absolute Gasteiger partial charge is 0.387 e. The van der Waals surface area contributed by atoms with Gasteiger partial charge in [-0.15, -0.1) is 0 Å². The van der Waals surface area contributed by atoms with Gasteiger partial charge in [-0.25, -0.2) is 0 Å². The summed E-state index contributed by atoms with van der Waals surface area (Å²) in [5, 5.41) is 20.6. The number of carbonyl (C=O) groups is 1. The number of hydrogen-bond acceptors (Lipinski definition) is 7. The Labute approximate surface area is 115 Å². The highest BCUT2D eigenvalue weighted by Gasteiger charge is 2.72. The van der Waals surface area contributed by atoms with Crippen molar-refractivity contribution < 1.29 is 34.0 Å². The van der Waals surface area contributed by atoms with Crippen LogP contribution in [0, 0.1) is 0 Å². The SMILES string of the molecule is CC(C)(O)[C@]1(O)C(=O)N2C[C@H]3O[C@@H]4OCO[C@@H]4[C@H]3O[C@@H]21. The first kappa shape index (κ1) is 12.9. The predicted octanol–water partition coefficient (Wildman–Crippen LogP) is -1.85. The third-order valence-electron chi connectivity index (χ3n) is 4.58. The Hall–Kier alpha value is -0.770. The Kier molecular flexibility index (Phi) is 2.39. The lowest BCUT2D eigenvalue weighted by molar-refractivity contribution is -0.323. The van der Waals surface area contributed by atoms with Crippen LogP contribution in [0.2, 0.25) is 0 Å². The van der Waals surface area contributed by atoms with Crippen molar-refractivity contribution in [3.05, 3.63) is 0 Å². The monoisotopic (exact) mass is 287 g/mol. The molecule has 0 radical (unpaired) electrons. The van der Waals surface area contributed by atoms with E-state index in [1.165, 1.54) is 18.7 Å². The lowest BCUT2D eigenvalue weighted by Gasteiger charge is -2.59. The minimum atomic E-state index is -1.94. The Morgan fingerprint density at radius 1 is 1.30 bits per heavy atom. The van der Waals surface area contributed by atoms with Crippen LogP contribution < -0.4 is 0 Å². The summed E-state index contributed by atoms with van der Waals surface area (Å²) < 4.78 is 22.1. The van der Waals surface area contributed by atoms with Gasteiger partial charge in [0, 0.05) is 0 Å². The smallest absolute Gasteiger partial charge is 0.264 e. The van der Waals surface area contributed by atoms with E-state index < -0.39 is 35.7 Å². The molecule has 4 aliphatic rings. The second-order valence-electron chi connectivity index (χ2n) is 6.19. The summed E-state index contributed by atoms with van der Waals surface area (Å²) in [5.41, 5.74) is -3.53. The summed E-state index contributed by atoms with van der Waals surface area (Å²) in [6.07, 6.45) is -2.48. The highest BCUT2D eigenvalue weighted by Crippen LogP contribution is 2.46. The summed E-state index contributed by atoms with van der Waals surface area (Å²) in [6, 6.07) is 0. The maximum Gasteiger partial charge on any atom is 0.264 e. The lowest BCUT2D eigenvalue weighted by atomic mass is 9.75. The number of carbonyl (C=O) groups excluding carboxylic acids is 1. The van der Waals surface area contributed by atoms with E-state index in [9.17, 15) is 15.0 Å². The molecule has 4 saturated heterocycles. The number of nitrogens with zero attached hydrogens (tertiary/aromatic N) is 1. The molecule has 0 aliphatic carbocycles. The van der Waals surface area contributed by atoms with Crippen molar-refractivity contribution in [2.24, 2.45) is 0 Å². The van der Waals surface area contributed by atoms with Crippen LogP contribution in [0.5, 0.6) is 0 Å². The molecule has 8 heteroatoms. The minimum Gasteiger partial charge on any atom is -0.387 e. The molecule has 20 heavy (non-hydrogen) atoms. The van der Waals surface area contributed by atoms with Crippen molar-refractivity contribution in [2.75, 3.05) is 13.3 Å². The van der Waals surface area contributed by atoms with Gasteiger partial charge < -0.3 is 34.1 Å². The molecule has 6 atom stereocenters. The number of β-lactam (4-membered cyclic amide) rings is 1. The Morgan fingerprint density at radius 3 is 2.75 bits per heavy atom. The summed E-state index contributed by atoms with van der Waals surface area (Å²) in [6.45, 7) is 3.22. The van der Waals surface area contributed by atoms with Crippen molar-refractivity contribution in [1.29, 1.82) is 0 Å². The molecule has 4 fully saturated rings. The molecule has 4 rings (SSSR count). The molecule has 2 N–H and O–H groups in total. The van der Waals surface area contributed by atoms with Crippen molar-refractivity contribution in [3.8, 4) is 0 Å². The van der Waals surface area contributed by atoms with E-state index in [1.54, 1.807) is 0 Å². The van der Waals surface area contributed by atoms with Crippen LogP contribution in [0.1, 0.15) is 13.8 Å². The average molecular weight is 287 g/mol. The number of hydrogen-bond donors (Lipinski definition) is 2. The molecule has 4 heterocycles. The molecule has 0 unspecified atom stereocenters. The van der Waals surface area contributed by atoms with Gasteiger partial charge in [-0.05, 0) is 13.8 Å². The van der Waals surface area contributed by atoms with Crippen LogP contribution in [-0.2, 0) is 23.7 Å². The summed E-state index contributed by atoms with van der Waals surface area (Å²) in [5.74, 6) is -0.545. The maximum atomic E-state index is 12.1. The molecule has 0 aromatic heterocycles. The predicted molar refractivity (Wildman–Crippen MR) is 61.1 cm³/mol. The Bertz CT molecular complexity index is 463. The fourth-order valence-corrected chi connectivity index (χ4v) is 3.35. The first-order chi connectivity index (χ1) is 9.34. The minimum absolute atomic E-state index is 0.144. The molecule has 112 valence electrons. The fraction of sp³-hybridized carbons (Fsp3) is 0.917. The first-order valence-electron chi connectivity index (χ1n) is 6.64. The third-order valence-corrected chi connectivity index (χ3v) is 4.58. The quantitative estimate of drug-likeness (QED) is 0.546. The molecule has 1 amide bonds. The molecular formula is C12H17NO7. The molecule has 0 spiro atoms. The lowest BCUT2D eigenvalue weighted by Crippen LogP contribution is -2.84. The van der Waals surface area contributed by atoms with Gasteiger partial charge in [-0.2, -0.15) is 0 Å². The topological polar surface area (TPSA) is 97.7 Å². The van der Waals surface area contributed by atoms with Gasteiger partial charge in [0.15, 0.2) is 19.3 Å². The number of aliphatic hydroxyl groups is 2. The molecule has 0 bridgehead atoms. The molecule has 0 aromatic carbocycles. The average Bonchev–Trinajstić information content (AvgIpc) is 2.94. The number of fused-ring (bicyclic) bond motifs is 4. The van der Waals surface area contributed by atoms with E-state index in [-0.39, 0.29) is 19.0 Å². The van der Waals surface area contributed by atoms with Gasteiger partial charge in [0.1, 0.15) is 23.9 Å². The summed E-state index contributed by atoms with van der Waals surface area (Å²) in [4.78, 5) is 13.5. The van der Waals surface area contributed by atoms with Crippen molar-refractivity contribution in [1.82, 2.24) is 4.90 Å². The van der Waals surface area contributed by atoms with Crippen molar-refractivity contribution in [3.63, 3.8) is 0 Å². The van der Waals surface area contributed by atoms with Crippen LogP contribution in [-0.4, -0.2) is 76.4 Å². The third kappa shape index (κ3) is 1.34. The maximum absolute atomic E-state index is 12.1. The van der Waals surface area contributed by atoms with Gasteiger partial charge in [0.25, 0.3) is 5.91 Å². The van der Waals surface area contributed by atoms with E-state index in [4.69, 9.17) is 18.9 Å². The van der Waals surface area contributed by atoms with E-state index in [0.29, 0.717) is 6.54 Å². The number of amides is 1. The van der Waals surface area contributed by atoms with Crippen LogP contribution in [0.25, 0.3) is 0 Å².